The third kappa shape index (κ3) is 6.27. The molecule has 132 valence electrons. The van der Waals surface area contributed by atoms with E-state index in [2.05, 4.69) is 10.6 Å². The highest BCUT2D eigenvalue weighted by Gasteiger charge is 2.14. The Morgan fingerprint density at radius 1 is 1.29 bits per heavy atom. The van der Waals surface area contributed by atoms with Crippen LogP contribution in [-0.2, 0) is 14.3 Å². The maximum Gasteiger partial charge on any atom is 0.251 e. The topological polar surface area (TPSA) is 79.9 Å². The molecule has 2 amide bonds. The predicted octanol–water partition coefficient (Wildman–Crippen LogP) is 0.724. The summed E-state index contributed by atoms with van der Waals surface area (Å²) < 4.78 is 10.2. The summed E-state index contributed by atoms with van der Waals surface area (Å²) >= 11 is 0. The van der Waals surface area contributed by atoms with Crippen LogP contribution in [0.4, 0.5) is 5.69 Å². The summed E-state index contributed by atoms with van der Waals surface area (Å²) in [5.74, 6) is -0.245. The van der Waals surface area contributed by atoms with Crippen molar-refractivity contribution in [2.24, 2.45) is 0 Å². The maximum absolute atomic E-state index is 12.1. The van der Waals surface area contributed by atoms with Crippen LogP contribution in [0, 0.1) is 0 Å². The Labute approximate surface area is 142 Å². The molecule has 1 heterocycles. The normalized spacial score (nSPS) is 15.0. The van der Waals surface area contributed by atoms with Crippen LogP contribution >= 0.6 is 0 Å². The van der Waals surface area contributed by atoms with E-state index in [0.29, 0.717) is 44.2 Å². The number of nitrogens with zero attached hydrogens (tertiary/aromatic N) is 1. The lowest BCUT2D eigenvalue weighted by atomic mass is 10.2. The van der Waals surface area contributed by atoms with E-state index in [9.17, 15) is 9.59 Å². The fourth-order valence-electron chi connectivity index (χ4n) is 2.42. The minimum Gasteiger partial charge on any atom is -0.385 e. The SMILES string of the molecule is COCCCNC(=O)c1cccc(NC(=O)CN2CCOCC2)c1. The van der Waals surface area contributed by atoms with E-state index in [1.165, 1.54) is 0 Å². The van der Waals surface area contributed by atoms with E-state index in [1.54, 1.807) is 31.4 Å². The minimum atomic E-state index is -0.157. The number of amides is 2. The number of methoxy groups -OCH3 is 1. The fraction of sp³-hybridized carbons (Fsp3) is 0.529. The first-order valence-corrected chi connectivity index (χ1v) is 8.16. The Morgan fingerprint density at radius 3 is 2.83 bits per heavy atom. The molecule has 7 nitrogen and oxygen atoms in total. The average molecular weight is 335 g/mol. The van der Waals surface area contributed by atoms with Gasteiger partial charge in [0.25, 0.3) is 5.91 Å². The van der Waals surface area contributed by atoms with Crippen molar-refractivity contribution >= 4 is 17.5 Å². The molecule has 0 aromatic heterocycles. The molecule has 7 heteroatoms. The summed E-state index contributed by atoms with van der Waals surface area (Å²) in [6.07, 6.45) is 0.762. The Bertz CT molecular complexity index is 544. The number of hydrogen-bond acceptors (Lipinski definition) is 5. The number of hydrogen-bond donors (Lipinski definition) is 2. The van der Waals surface area contributed by atoms with E-state index in [-0.39, 0.29) is 11.8 Å². The van der Waals surface area contributed by atoms with E-state index in [1.807, 2.05) is 4.90 Å². The van der Waals surface area contributed by atoms with E-state index >= 15 is 0 Å². The molecule has 1 aromatic carbocycles. The van der Waals surface area contributed by atoms with Crippen molar-refractivity contribution < 1.29 is 19.1 Å². The smallest absolute Gasteiger partial charge is 0.251 e. The van der Waals surface area contributed by atoms with Crippen molar-refractivity contribution in [2.45, 2.75) is 6.42 Å². The van der Waals surface area contributed by atoms with Crippen LogP contribution in [0.2, 0.25) is 0 Å². The molecule has 0 bridgehead atoms. The molecule has 1 aliphatic heterocycles. The van der Waals surface area contributed by atoms with E-state index in [4.69, 9.17) is 9.47 Å². The second-order valence-electron chi connectivity index (χ2n) is 5.62. The molecule has 2 N–H and O–H groups in total. The van der Waals surface area contributed by atoms with Crippen molar-refractivity contribution in [1.82, 2.24) is 10.2 Å². The quantitative estimate of drug-likeness (QED) is 0.685. The Hall–Kier alpha value is -1.96. The highest BCUT2D eigenvalue weighted by molar-refractivity contribution is 5.97. The van der Waals surface area contributed by atoms with Crippen LogP contribution < -0.4 is 10.6 Å². The summed E-state index contributed by atoms with van der Waals surface area (Å²) in [5.41, 5.74) is 1.15. The van der Waals surface area contributed by atoms with Crippen molar-refractivity contribution in [1.29, 1.82) is 0 Å². The molecule has 24 heavy (non-hydrogen) atoms. The molecular weight excluding hydrogens is 310 g/mol. The summed E-state index contributed by atoms with van der Waals surface area (Å²) in [6, 6.07) is 6.94. The first kappa shape index (κ1) is 18.4. The lowest BCUT2D eigenvalue weighted by molar-refractivity contribution is -0.118. The number of anilines is 1. The number of carbonyl (C=O) groups excluding carboxylic acids is 2. The first-order valence-electron chi connectivity index (χ1n) is 8.16. The van der Waals surface area contributed by atoms with Gasteiger partial charge in [-0.25, -0.2) is 0 Å². The van der Waals surface area contributed by atoms with Crippen LogP contribution in [0.15, 0.2) is 24.3 Å². The van der Waals surface area contributed by atoms with Gasteiger partial charge in [-0.3, -0.25) is 14.5 Å². The lowest BCUT2D eigenvalue weighted by Gasteiger charge is -2.25. The number of ether oxygens (including phenoxy) is 2. The summed E-state index contributed by atoms with van der Waals surface area (Å²) in [6.45, 7) is 4.34. The second-order valence-corrected chi connectivity index (χ2v) is 5.62. The second kappa shape index (κ2) is 10.0. The predicted molar refractivity (Wildman–Crippen MR) is 91.2 cm³/mol. The number of rotatable bonds is 8. The summed E-state index contributed by atoms with van der Waals surface area (Å²) in [5, 5.41) is 5.67. The monoisotopic (exact) mass is 335 g/mol. The molecule has 1 fully saturated rings. The third-order valence-electron chi connectivity index (χ3n) is 3.69. The van der Waals surface area contributed by atoms with Gasteiger partial charge in [0.15, 0.2) is 0 Å². The maximum atomic E-state index is 12.1. The Kier molecular flexibility index (Phi) is 7.67. The van der Waals surface area contributed by atoms with Gasteiger partial charge in [-0.05, 0) is 24.6 Å². The van der Waals surface area contributed by atoms with Crippen molar-refractivity contribution in [3.63, 3.8) is 0 Å². The number of nitrogens with one attached hydrogen (secondary N) is 2. The highest BCUT2D eigenvalue weighted by atomic mass is 16.5. The van der Waals surface area contributed by atoms with E-state index in [0.717, 1.165) is 19.5 Å². The molecule has 0 radical (unpaired) electrons. The fourth-order valence-corrected chi connectivity index (χ4v) is 2.42. The molecular formula is C17H25N3O4. The zero-order valence-electron chi connectivity index (χ0n) is 14.0. The number of benzene rings is 1. The van der Waals surface area contributed by atoms with E-state index < -0.39 is 0 Å². The average Bonchev–Trinajstić information content (AvgIpc) is 2.59. The summed E-state index contributed by atoms with van der Waals surface area (Å²) in [7, 11) is 1.63. The molecule has 0 atom stereocenters. The van der Waals surface area contributed by atoms with Crippen LogP contribution in [-0.4, -0.2) is 69.8 Å². The third-order valence-corrected chi connectivity index (χ3v) is 3.69. The Morgan fingerprint density at radius 2 is 2.08 bits per heavy atom. The molecule has 1 saturated heterocycles. The standard InChI is InChI=1S/C17H25N3O4/c1-23-9-3-6-18-17(22)14-4-2-5-15(12-14)19-16(21)13-20-7-10-24-11-8-20/h2,4-5,12H,3,6-11,13H2,1H3,(H,18,22)(H,19,21). The van der Waals surface area contributed by atoms with Gasteiger partial charge < -0.3 is 20.1 Å². The lowest BCUT2D eigenvalue weighted by Crippen LogP contribution is -2.41. The summed E-state index contributed by atoms with van der Waals surface area (Å²) in [4.78, 5) is 26.2. The largest absolute Gasteiger partial charge is 0.385 e. The first-order chi connectivity index (χ1) is 11.7. The van der Waals surface area contributed by atoms with Crippen LogP contribution in [0.5, 0.6) is 0 Å². The van der Waals surface area contributed by atoms with Gasteiger partial charge in [0.2, 0.25) is 5.91 Å². The molecule has 0 aliphatic carbocycles. The molecule has 0 saturated carbocycles. The zero-order valence-corrected chi connectivity index (χ0v) is 14.0. The van der Waals surface area contributed by atoms with Crippen molar-refractivity contribution in [3.8, 4) is 0 Å². The van der Waals surface area contributed by atoms with Crippen molar-refractivity contribution in [3.05, 3.63) is 29.8 Å². The number of carbonyl (C=O) groups is 2. The van der Waals surface area contributed by atoms with Crippen LogP contribution in [0.1, 0.15) is 16.8 Å². The van der Waals surface area contributed by atoms with Gasteiger partial charge in [0.05, 0.1) is 19.8 Å². The van der Waals surface area contributed by atoms with Gasteiger partial charge in [0, 0.05) is 44.6 Å². The van der Waals surface area contributed by atoms with Crippen LogP contribution in [0.3, 0.4) is 0 Å². The molecule has 1 aromatic rings. The van der Waals surface area contributed by atoms with Gasteiger partial charge >= 0.3 is 0 Å². The molecule has 0 spiro atoms. The molecule has 2 rings (SSSR count). The molecule has 0 unspecified atom stereocenters. The van der Waals surface area contributed by atoms with Gasteiger partial charge in [-0.1, -0.05) is 6.07 Å². The van der Waals surface area contributed by atoms with Gasteiger partial charge in [0.1, 0.15) is 0 Å². The van der Waals surface area contributed by atoms with Crippen molar-refractivity contribution in [2.75, 3.05) is 58.4 Å². The number of morpholine rings is 1. The zero-order chi connectivity index (χ0) is 17.2. The molecule has 1 aliphatic rings. The van der Waals surface area contributed by atoms with Crippen LogP contribution in [0.25, 0.3) is 0 Å². The Balaban J connectivity index is 1.82. The van der Waals surface area contributed by atoms with Gasteiger partial charge in [-0.2, -0.15) is 0 Å². The minimum absolute atomic E-state index is 0.0884. The highest BCUT2D eigenvalue weighted by Crippen LogP contribution is 2.11. The van der Waals surface area contributed by atoms with Gasteiger partial charge in [-0.15, -0.1) is 0 Å².